The van der Waals surface area contributed by atoms with Crippen LogP contribution in [0.1, 0.15) is 24.4 Å². The van der Waals surface area contributed by atoms with Gasteiger partial charge in [0.05, 0.1) is 6.04 Å². The van der Waals surface area contributed by atoms with Crippen molar-refractivity contribution >= 4 is 23.3 Å². The number of carbonyl (C=O) groups is 1. The van der Waals surface area contributed by atoms with Crippen LogP contribution in [0.25, 0.3) is 0 Å². The number of hydrogen-bond acceptors (Lipinski definition) is 1. The summed E-state index contributed by atoms with van der Waals surface area (Å²) in [4.78, 5) is 14.3. The molecule has 1 atom stereocenters. The molecule has 0 aromatic heterocycles. The number of nitrogens with zero attached hydrogens (tertiary/aromatic N) is 1. The summed E-state index contributed by atoms with van der Waals surface area (Å²) >= 11 is 5.84. The Hall–Kier alpha value is -2.07. The van der Waals surface area contributed by atoms with E-state index in [-0.39, 0.29) is 17.9 Å². The molecular formula is C17H16ClFN2O. The number of amides is 2. The lowest BCUT2D eigenvalue weighted by Gasteiger charge is -2.25. The Morgan fingerprint density at radius 3 is 2.50 bits per heavy atom. The van der Waals surface area contributed by atoms with E-state index in [1.54, 1.807) is 41.3 Å². The van der Waals surface area contributed by atoms with Gasteiger partial charge in [-0.1, -0.05) is 23.7 Å². The lowest BCUT2D eigenvalue weighted by molar-refractivity contribution is 0.207. The fourth-order valence-electron chi connectivity index (χ4n) is 2.77. The topological polar surface area (TPSA) is 32.3 Å². The van der Waals surface area contributed by atoms with Gasteiger partial charge < -0.3 is 10.2 Å². The molecule has 1 aliphatic heterocycles. The Bertz CT molecular complexity index is 657. The number of nitrogens with one attached hydrogen (secondary N) is 1. The highest BCUT2D eigenvalue weighted by Crippen LogP contribution is 2.32. The van der Waals surface area contributed by atoms with Crippen molar-refractivity contribution in [3.63, 3.8) is 0 Å². The van der Waals surface area contributed by atoms with Crippen LogP contribution in [0.3, 0.4) is 0 Å². The van der Waals surface area contributed by atoms with Gasteiger partial charge in [-0.25, -0.2) is 9.18 Å². The van der Waals surface area contributed by atoms with Crippen molar-refractivity contribution in [1.82, 2.24) is 4.90 Å². The first-order valence-corrected chi connectivity index (χ1v) is 7.60. The fourth-order valence-corrected chi connectivity index (χ4v) is 2.90. The highest BCUT2D eigenvalue weighted by molar-refractivity contribution is 6.30. The highest BCUT2D eigenvalue weighted by Gasteiger charge is 2.29. The molecule has 1 N–H and O–H groups in total. The van der Waals surface area contributed by atoms with Crippen molar-refractivity contribution in [2.45, 2.75) is 18.9 Å². The molecule has 2 aromatic rings. The van der Waals surface area contributed by atoms with E-state index < -0.39 is 0 Å². The molecule has 0 saturated carbocycles. The number of hydrogen-bond donors (Lipinski definition) is 1. The normalized spacial score (nSPS) is 17.5. The molecule has 1 heterocycles. The number of rotatable bonds is 2. The van der Waals surface area contributed by atoms with Gasteiger partial charge in [-0.15, -0.1) is 0 Å². The molecule has 0 spiro atoms. The monoisotopic (exact) mass is 318 g/mol. The van der Waals surface area contributed by atoms with Crippen molar-refractivity contribution in [3.8, 4) is 0 Å². The molecule has 1 saturated heterocycles. The molecule has 0 unspecified atom stereocenters. The fraction of sp³-hybridized carbons (Fsp3) is 0.235. The first-order valence-electron chi connectivity index (χ1n) is 7.22. The molecule has 3 rings (SSSR count). The summed E-state index contributed by atoms with van der Waals surface area (Å²) in [5.41, 5.74) is 1.67. The summed E-state index contributed by atoms with van der Waals surface area (Å²) in [5, 5.41) is 3.50. The van der Waals surface area contributed by atoms with Gasteiger partial charge in [0, 0.05) is 17.3 Å². The maximum atomic E-state index is 13.0. The van der Waals surface area contributed by atoms with Crippen LogP contribution >= 0.6 is 11.6 Å². The lowest BCUT2D eigenvalue weighted by atomic mass is 10.0. The van der Waals surface area contributed by atoms with Crippen LogP contribution in [0.15, 0.2) is 48.5 Å². The summed E-state index contributed by atoms with van der Waals surface area (Å²) in [6, 6.07) is 13.2. The second-order valence-corrected chi connectivity index (χ2v) is 5.78. The predicted octanol–water partition coefficient (Wildman–Crippen LogP) is 4.85. The van der Waals surface area contributed by atoms with Crippen LogP contribution in [0.4, 0.5) is 14.9 Å². The Balaban J connectivity index is 1.73. The summed E-state index contributed by atoms with van der Waals surface area (Å²) in [7, 11) is 0. The Kier molecular flexibility index (Phi) is 4.29. The Morgan fingerprint density at radius 2 is 1.82 bits per heavy atom. The number of halogens is 2. The summed E-state index contributed by atoms with van der Waals surface area (Å²) in [5.74, 6) is -0.265. The first-order chi connectivity index (χ1) is 10.6. The minimum atomic E-state index is -0.265. The van der Waals surface area contributed by atoms with E-state index in [1.807, 2.05) is 0 Å². The SMILES string of the molecule is O=C(Nc1ccc(Cl)cc1)N1CCC[C@H]1c1ccc(F)cc1. The number of benzene rings is 2. The van der Waals surface area contributed by atoms with Crippen LogP contribution in [0, 0.1) is 5.82 Å². The van der Waals surface area contributed by atoms with Crippen LogP contribution < -0.4 is 5.32 Å². The Labute approximate surface area is 133 Å². The molecule has 5 heteroatoms. The molecule has 0 radical (unpaired) electrons. The molecule has 0 aliphatic carbocycles. The van der Waals surface area contributed by atoms with Gasteiger partial charge in [0.15, 0.2) is 0 Å². The first kappa shape index (κ1) is 14.9. The second-order valence-electron chi connectivity index (χ2n) is 5.34. The van der Waals surface area contributed by atoms with Gasteiger partial charge >= 0.3 is 6.03 Å². The van der Waals surface area contributed by atoms with Crippen molar-refractivity contribution < 1.29 is 9.18 Å². The second kappa shape index (κ2) is 6.36. The summed E-state index contributed by atoms with van der Waals surface area (Å²) in [6.07, 6.45) is 1.83. The van der Waals surface area contributed by atoms with Gasteiger partial charge in [0.2, 0.25) is 0 Å². The molecule has 0 bridgehead atoms. The third kappa shape index (κ3) is 3.22. The minimum Gasteiger partial charge on any atom is -0.317 e. The van der Waals surface area contributed by atoms with Gasteiger partial charge in [-0.3, -0.25) is 0 Å². The van der Waals surface area contributed by atoms with Crippen molar-refractivity contribution in [2.24, 2.45) is 0 Å². The van der Waals surface area contributed by atoms with Crippen molar-refractivity contribution in [1.29, 1.82) is 0 Å². The maximum absolute atomic E-state index is 13.0. The lowest BCUT2D eigenvalue weighted by Crippen LogP contribution is -2.34. The Morgan fingerprint density at radius 1 is 1.14 bits per heavy atom. The average Bonchev–Trinajstić information content (AvgIpc) is 3.00. The number of likely N-dealkylation sites (tertiary alicyclic amines) is 1. The van der Waals surface area contributed by atoms with Crippen LogP contribution in [-0.4, -0.2) is 17.5 Å². The quantitative estimate of drug-likeness (QED) is 0.843. The van der Waals surface area contributed by atoms with E-state index in [0.717, 1.165) is 18.4 Å². The highest BCUT2D eigenvalue weighted by atomic mass is 35.5. The van der Waals surface area contributed by atoms with Crippen molar-refractivity contribution in [2.75, 3.05) is 11.9 Å². The standard InChI is InChI=1S/C17H16ClFN2O/c18-13-5-9-15(10-6-13)20-17(22)21-11-1-2-16(21)12-3-7-14(19)8-4-12/h3-10,16H,1-2,11H2,(H,20,22)/t16-/m0/s1. The smallest absolute Gasteiger partial charge is 0.317 e. The zero-order chi connectivity index (χ0) is 15.5. The zero-order valence-electron chi connectivity index (χ0n) is 11.9. The number of anilines is 1. The van der Waals surface area contributed by atoms with Crippen molar-refractivity contribution in [3.05, 3.63) is 64.9 Å². The number of urea groups is 1. The molecule has 22 heavy (non-hydrogen) atoms. The third-order valence-corrected chi connectivity index (χ3v) is 4.12. The average molecular weight is 319 g/mol. The van der Waals surface area contributed by atoms with Gasteiger partial charge in [0.25, 0.3) is 0 Å². The van der Waals surface area contributed by atoms with E-state index >= 15 is 0 Å². The summed E-state index contributed by atoms with van der Waals surface area (Å²) in [6.45, 7) is 0.696. The number of carbonyl (C=O) groups excluding carboxylic acids is 1. The molecule has 114 valence electrons. The van der Waals surface area contributed by atoms with E-state index in [9.17, 15) is 9.18 Å². The summed E-state index contributed by atoms with van der Waals surface area (Å²) < 4.78 is 13.0. The molecule has 3 nitrogen and oxygen atoms in total. The maximum Gasteiger partial charge on any atom is 0.322 e. The van der Waals surface area contributed by atoms with Gasteiger partial charge in [0.1, 0.15) is 5.82 Å². The van der Waals surface area contributed by atoms with E-state index in [1.165, 1.54) is 12.1 Å². The van der Waals surface area contributed by atoms with Gasteiger partial charge in [-0.2, -0.15) is 0 Å². The zero-order valence-corrected chi connectivity index (χ0v) is 12.7. The predicted molar refractivity (Wildman–Crippen MR) is 85.6 cm³/mol. The van der Waals surface area contributed by atoms with Crippen LogP contribution in [-0.2, 0) is 0 Å². The molecule has 1 fully saturated rings. The largest absolute Gasteiger partial charge is 0.322 e. The van der Waals surface area contributed by atoms with E-state index in [0.29, 0.717) is 17.3 Å². The van der Waals surface area contributed by atoms with Crippen LogP contribution in [0.5, 0.6) is 0 Å². The van der Waals surface area contributed by atoms with E-state index in [4.69, 9.17) is 11.6 Å². The third-order valence-electron chi connectivity index (χ3n) is 3.86. The van der Waals surface area contributed by atoms with Crippen LogP contribution in [0.2, 0.25) is 5.02 Å². The van der Waals surface area contributed by atoms with Gasteiger partial charge in [-0.05, 0) is 54.8 Å². The molecule has 2 amide bonds. The van der Waals surface area contributed by atoms with E-state index in [2.05, 4.69) is 5.32 Å². The molecule has 2 aromatic carbocycles. The molecular weight excluding hydrogens is 303 g/mol. The minimum absolute atomic E-state index is 0.00657. The molecule has 1 aliphatic rings.